The molecule has 5 aliphatic heterocycles. The fourth-order valence-corrected chi connectivity index (χ4v) is 12.1. The zero-order valence-electron chi connectivity index (χ0n) is 50.4. The van der Waals surface area contributed by atoms with Gasteiger partial charge in [-0.3, -0.25) is 14.4 Å². The molecule has 0 radical (unpaired) electrons. The molecule has 85 heavy (non-hydrogen) atoms. The Labute approximate surface area is 502 Å². The van der Waals surface area contributed by atoms with Crippen LogP contribution >= 0.6 is 0 Å². The van der Waals surface area contributed by atoms with Crippen LogP contribution in [0.2, 0.25) is 0 Å². The molecule has 0 unspecified atom stereocenters. The molecule has 0 atom stereocenters. The summed E-state index contributed by atoms with van der Waals surface area (Å²) in [6.07, 6.45) is 6.05. The number of hydrogen-bond acceptors (Lipinski definition) is 13. The summed E-state index contributed by atoms with van der Waals surface area (Å²) in [5.41, 5.74) is 13.2. The number of aromatic hydroxyl groups is 6. The summed E-state index contributed by atoms with van der Waals surface area (Å²) >= 11 is 0. The maximum atomic E-state index is 13.1. The average Bonchev–Trinajstić information content (AvgIpc) is 4.44. The van der Waals surface area contributed by atoms with Crippen LogP contribution in [-0.4, -0.2) is 126 Å². The predicted molar refractivity (Wildman–Crippen MR) is 336 cm³/mol. The lowest BCUT2D eigenvalue weighted by molar-refractivity contribution is 0.0740. The smallest absolute Gasteiger partial charge is 0.258 e. The summed E-state index contributed by atoms with van der Waals surface area (Å²) < 4.78 is 0. The van der Waals surface area contributed by atoms with Gasteiger partial charge in [0.05, 0.1) is 16.7 Å². The molecule has 0 spiro atoms. The Bertz CT molecular complexity index is 3400. The lowest BCUT2D eigenvalue weighted by Gasteiger charge is -2.30. The number of fused-ring (bicyclic) bond motifs is 3. The normalized spacial score (nSPS) is 15.7. The van der Waals surface area contributed by atoms with Crippen molar-refractivity contribution in [1.82, 2.24) is 24.5 Å². The fourth-order valence-electron chi connectivity index (χ4n) is 12.1. The molecule has 0 saturated carbocycles. The quantitative estimate of drug-likeness (QED) is 0.0646. The zero-order valence-corrected chi connectivity index (χ0v) is 50.4. The SMILES string of the molecule is C.CC(C)c1cc(C(=O)N2Cc3ccc(CN(C)C)cc3C2)c(O)cc1O.CC(C)c1cc(C(=O)N2Cc3ccc(N4CCCCC4)cc3C2)c(O)cc1O.CC(C)c1cc(C(=O)N2Cc3ccc(NC4CCN(C)CC4)cc3C2)c(O)cc1O. The second-order valence-corrected chi connectivity index (χ2v) is 24.8. The Morgan fingerprint density at radius 2 is 0.871 bits per heavy atom. The van der Waals surface area contributed by atoms with E-state index in [-0.39, 0.29) is 94.1 Å². The lowest BCUT2D eigenvalue weighted by Crippen LogP contribution is -2.36. The first kappa shape index (κ1) is 63.1. The van der Waals surface area contributed by atoms with Crippen molar-refractivity contribution in [1.29, 1.82) is 0 Å². The molecular weight excluding hydrogens is 1070 g/mol. The number of benzene rings is 6. The van der Waals surface area contributed by atoms with Crippen LogP contribution in [0.15, 0.2) is 91.0 Å². The molecule has 6 aromatic rings. The van der Waals surface area contributed by atoms with Gasteiger partial charge in [0.25, 0.3) is 17.7 Å². The second kappa shape index (κ2) is 27.0. The van der Waals surface area contributed by atoms with Crippen LogP contribution in [0.3, 0.4) is 0 Å². The molecule has 7 N–H and O–H groups in total. The molecule has 6 aromatic carbocycles. The molecule has 0 aromatic heterocycles. The fraction of sp³-hybridized carbons (Fsp3) is 0.435. The molecule has 5 aliphatic rings. The summed E-state index contributed by atoms with van der Waals surface area (Å²) in [5.74, 6) is -0.899. The third-order valence-electron chi connectivity index (χ3n) is 17.0. The van der Waals surface area contributed by atoms with E-state index in [9.17, 15) is 45.0 Å². The maximum absolute atomic E-state index is 13.1. The zero-order chi connectivity index (χ0) is 60.3. The van der Waals surface area contributed by atoms with E-state index in [4.69, 9.17) is 0 Å². The molecule has 11 rings (SSSR count). The Morgan fingerprint density at radius 1 is 0.482 bits per heavy atom. The molecule has 16 heteroatoms. The molecule has 0 bridgehead atoms. The highest BCUT2D eigenvalue weighted by Gasteiger charge is 2.31. The minimum Gasteiger partial charge on any atom is -0.508 e. The monoisotopic (exact) mass is 1160 g/mol. The van der Waals surface area contributed by atoms with Crippen molar-refractivity contribution in [2.45, 2.75) is 151 Å². The third kappa shape index (κ3) is 14.6. The van der Waals surface area contributed by atoms with E-state index in [0.717, 1.165) is 79.1 Å². The Morgan fingerprint density at radius 3 is 1.29 bits per heavy atom. The van der Waals surface area contributed by atoms with Gasteiger partial charge in [-0.15, -0.1) is 0 Å². The standard InChI is InChI=1S/C24H31N3O3.C23H28N2O3.C21H26N2O3.CH4/c1-15(2)20-11-21(23(29)12-22(20)28)24(30)27-13-16-4-5-19(10-17(16)14-27)25-18-6-8-26(3)9-7-18;1-15(2)19-11-20(22(27)12-21(19)26)23(28)25-13-16-6-7-18(10-17(16)14-25)24-8-4-3-5-9-24;1-13(2)17-8-18(20(25)9-19(17)24)21(26)23-11-15-6-5-14(10-22(3)4)7-16(15)12-23;/h4-5,10-12,15,18,25,28-29H,6-9,13-14H2,1-3H3;6-7,10-12,15,26-27H,3-5,8-9,13-14H2,1-2H3;5-9,13,24-25H,10-12H2,1-4H3;1H4. The average molecular weight is 1160 g/mol. The number of anilines is 2. The molecule has 3 amide bonds. The van der Waals surface area contributed by atoms with Gasteiger partial charge in [-0.05, 0) is 182 Å². The number of nitrogens with one attached hydrogen (secondary N) is 1. The first-order chi connectivity index (χ1) is 40.0. The van der Waals surface area contributed by atoms with E-state index in [1.165, 1.54) is 54.3 Å². The molecule has 5 heterocycles. The van der Waals surface area contributed by atoms with E-state index in [1.54, 1.807) is 32.9 Å². The van der Waals surface area contributed by atoms with Crippen LogP contribution in [0.25, 0.3) is 0 Å². The van der Waals surface area contributed by atoms with Crippen molar-refractivity contribution < 1.29 is 45.0 Å². The van der Waals surface area contributed by atoms with Crippen molar-refractivity contribution in [2.75, 3.05) is 57.5 Å². The van der Waals surface area contributed by atoms with Crippen molar-refractivity contribution in [3.05, 3.63) is 163 Å². The number of amides is 3. The maximum Gasteiger partial charge on any atom is 0.258 e. The molecule has 2 fully saturated rings. The van der Waals surface area contributed by atoms with Gasteiger partial charge in [0.2, 0.25) is 0 Å². The number of phenols is 6. The highest BCUT2D eigenvalue weighted by molar-refractivity contribution is 5.99. The number of carbonyl (C=O) groups is 3. The first-order valence-corrected chi connectivity index (χ1v) is 29.8. The highest BCUT2D eigenvalue weighted by Crippen LogP contribution is 2.39. The summed E-state index contributed by atoms with van der Waals surface area (Å²) in [5, 5.41) is 64.4. The predicted octanol–water partition coefficient (Wildman–Crippen LogP) is 12.3. The van der Waals surface area contributed by atoms with Crippen molar-refractivity contribution in [2.24, 2.45) is 0 Å². The van der Waals surface area contributed by atoms with Crippen LogP contribution in [0, 0.1) is 0 Å². The minimum atomic E-state index is -0.213. The van der Waals surface area contributed by atoms with E-state index >= 15 is 0 Å². The molecular formula is C69H89N7O9. The number of nitrogens with zero attached hydrogens (tertiary/aromatic N) is 6. The number of piperidine rings is 2. The number of hydrogen-bond donors (Lipinski definition) is 7. The van der Waals surface area contributed by atoms with Crippen LogP contribution in [-0.2, 0) is 45.8 Å². The van der Waals surface area contributed by atoms with E-state index in [2.05, 4.69) is 81.7 Å². The summed E-state index contributed by atoms with van der Waals surface area (Å²) in [4.78, 5) is 51.3. The van der Waals surface area contributed by atoms with Gasteiger partial charge in [-0.1, -0.05) is 79.3 Å². The van der Waals surface area contributed by atoms with Gasteiger partial charge < -0.3 is 65.4 Å². The van der Waals surface area contributed by atoms with Gasteiger partial charge in [-0.25, -0.2) is 0 Å². The lowest BCUT2D eigenvalue weighted by atomic mass is 9.98. The van der Waals surface area contributed by atoms with Gasteiger partial charge in [0, 0.05) is 94.5 Å². The Balaban J connectivity index is 0.000000165. The van der Waals surface area contributed by atoms with Crippen molar-refractivity contribution in [3.63, 3.8) is 0 Å². The number of rotatable bonds is 11. The van der Waals surface area contributed by atoms with Crippen LogP contribution in [0.5, 0.6) is 34.5 Å². The first-order valence-electron chi connectivity index (χ1n) is 29.8. The molecule has 0 aliphatic carbocycles. The van der Waals surface area contributed by atoms with E-state index in [1.807, 2.05) is 55.6 Å². The van der Waals surface area contributed by atoms with Gasteiger partial charge in [0.1, 0.15) is 34.5 Å². The Hall–Kier alpha value is -7.95. The third-order valence-corrected chi connectivity index (χ3v) is 17.0. The summed E-state index contributed by atoms with van der Waals surface area (Å²) in [7, 11) is 6.22. The van der Waals surface area contributed by atoms with Gasteiger partial charge in [0.15, 0.2) is 0 Å². The van der Waals surface area contributed by atoms with E-state index < -0.39 is 0 Å². The van der Waals surface area contributed by atoms with Crippen LogP contribution in [0.1, 0.15) is 186 Å². The van der Waals surface area contributed by atoms with Gasteiger partial charge >= 0.3 is 0 Å². The topological polar surface area (TPSA) is 204 Å². The van der Waals surface area contributed by atoms with Crippen molar-refractivity contribution in [3.8, 4) is 34.5 Å². The Kier molecular flexibility index (Phi) is 20.0. The number of likely N-dealkylation sites (tertiary alicyclic amines) is 1. The van der Waals surface area contributed by atoms with E-state index in [0.29, 0.717) is 62.0 Å². The number of phenolic OH excluding ortho intramolecular Hbond substituents is 6. The van der Waals surface area contributed by atoms with Crippen molar-refractivity contribution >= 4 is 29.1 Å². The minimum absolute atomic E-state index is 0. The number of carbonyl (C=O) groups excluding carboxylic acids is 3. The summed E-state index contributed by atoms with van der Waals surface area (Å²) in [6.45, 7) is 20.2. The molecule has 454 valence electrons. The highest BCUT2D eigenvalue weighted by atomic mass is 16.3. The molecule has 16 nitrogen and oxygen atoms in total. The largest absolute Gasteiger partial charge is 0.508 e. The van der Waals surface area contributed by atoms with Crippen LogP contribution < -0.4 is 10.2 Å². The second-order valence-electron chi connectivity index (χ2n) is 24.8. The summed E-state index contributed by atoms with van der Waals surface area (Å²) in [6, 6.07) is 28.3. The molecule has 2 saturated heterocycles. The van der Waals surface area contributed by atoms with Crippen LogP contribution in [0.4, 0.5) is 11.4 Å². The van der Waals surface area contributed by atoms with Gasteiger partial charge in [-0.2, -0.15) is 0 Å².